The molecule has 18 heavy (non-hydrogen) atoms. The summed E-state index contributed by atoms with van der Waals surface area (Å²) in [5.41, 5.74) is 8.39. The fourth-order valence-electron chi connectivity index (χ4n) is 2.07. The molecule has 0 bridgehead atoms. The van der Waals surface area contributed by atoms with Gasteiger partial charge in [-0.15, -0.1) is 11.3 Å². The number of hydrogen-bond donors (Lipinski definition) is 1. The lowest BCUT2D eigenvalue weighted by atomic mass is 10.1. The van der Waals surface area contributed by atoms with Crippen molar-refractivity contribution in [2.45, 2.75) is 12.6 Å². The molecule has 0 saturated heterocycles. The molecule has 2 N–H and O–H groups in total. The third-order valence-electron chi connectivity index (χ3n) is 2.99. The summed E-state index contributed by atoms with van der Waals surface area (Å²) < 4.78 is 0.836. The molecule has 0 aliphatic heterocycles. The summed E-state index contributed by atoms with van der Waals surface area (Å²) >= 11 is 7.52. The van der Waals surface area contributed by atoms with Crippen LogP contribution in [-0.2, 0) is 6.54 Å². The number of benzene rings is 1. The van der Waals surface area contributed by atoms with Gasteiger partial charge in [-0.1, -0.05) is 41.9 Å². The third kappa shape index (κ3) is 3.33. The number of halogens is 1. The van der Waals surface area contributed by atoms with Crippen LogP contribution >= 0.6 is 22.9 Å². The highest BCUT2D eigenvalue weighted by Gasteiger charge is 2.15. The molecular formula is C14H17ClN2S. The van der Waals surface area contributed by atoms with Gasteiger partial charge in [0.25, 0.3) is 0 Å². The lowest BCUT2D eigenvalue weighted by Gasteiger charge is -2.27. The molecule has 96 valence electrons. The highest BCUT2D eigenvalue weighted by atomic mass is 35.5. The van der Waals surface area contributed by atoms with Crippen molar-refractivity contribution >= 4 is 22.9 Å². The summed E-state index contributed by atoms with van der Waals surface area (Å²) in [5.74, 6) is 0. The van der Waals surface area contributed by atoms with E-state index in [0.717, 1.165) is 10.9 Å². The Labute approximate surface area is 117 Å². The minimum atomic E-state index is 0.241. The zero-order chi connectivity index (χ0) is 13.0. The normalized spacial score (nSPS) is 12.9. The van der Waals surface area contributed by atoms with Gasteiger partial charge in [0.1, 0.15) is 0 Å². The standard InChI is InChI=1S/C14H17ClN2S/c1-17(9-11-7-14(15)18-10-11)13(8-16)12-5-3-2-4-6-12/h2-7,10,13H,8-9,16H2,1H3. The van der Waals surface area contributed by atoms with Gasteiger partial charge in [-0.2, -0.15) is 0 Å². The molecule has 1 unspecified atom stereocenters. The Morgan fingerprint density at radius 2 is 2.06 bits per heavy atom. The minimum absolute atomic E-state index is 0.241. The van der Waals surface area contributed by atoms with E-state index >= 15 is 0 Å². The molecule has 1 aromatic heterocycles. The highest BCUT2D eigenvalue weighted by Crippen LogP contribution is 2.24. The summed E-state index contributed by atoms with van der Waals surface area (Å²) in [6, 6.07) is 12.6. The number of thiophene rings is 1. The van der Waals surface area contributed by atoms with Crippen molar-refractivity contribution in [3.63, 3.8) is 0 Å². The van der Waals surface area contributed by atoms with E-state index in [9.17, 15) is 0 Å². The second-order valence-corrected chi connectivity index (χ2v) is 5.88. The smallest absolute Gasteiger partial charge is 0.0931 e. The van der Waals surface area contributed by atoms with Gasteiger partial charge in [0, 0.05) is 19.1 Å². The average Bonchev–Trinajstić information content (AvgIpc) is 2.77. The third-order valence-corrected chi connectivity index (χ3v) is 4.13. The Bertz CT molecular complexity index is 484. The largest absolute Gasteiger partial charge is 0.329 e. The first-order valence-electron chi connectivity index (χ1n) is 5.89. The van der Waals surface area contributed by atoms with Crippen LogP contribution in [0.2, 0.25) is 4.34 Å². The predicted molar refractivity (Wildman–Crippen MR) is 79.0 cm³/mol. The number of likely N-dealkylation sites (N-methyl/N-ethyl adjacent to an activating group) is 1. The molecule has 1 atom stereocenters. The Morgan fingerprint density at radius 1 is 1.33 bits per heavy atom. The maximum atomic E-state index is 5.95. The van der Waals surface area contributed by atoms with Gasteiger partial charge >= 0.3 is 0 Å². The molecule has 4 heteroatoms. The van der Waals surface area contributed by atoms with Crippen LogP contribution in [0.4, 0.5) is 0 Å². The Kier molecular flexibility index (Phi) is 4.78. The van der Waals surface area contributed by atoms with Crippen molar-refractivity contribution in [1.82, 2.24) is 4.90 Å². The first-order valence-corrected chi connectivity index (χ1v) is 7.14. The summed E-state index contributed by atoms with van der Waals surface area (Å²) in [6.45, 7) is 1.47. The van der Waals surface area contributed by atoms with E-state index in [4.69, 9.17) is 17.3 Å². The lowest BCUT2D eigenvalue weighted by molar-refractivity contribution is 0.242. The molecule has 0 saturated carbocycles. The van der Waals surface area contributed by atoms with E-state index in [1.54, 1.807) is 11.3 Å². The second-order valence-electron chi connectivity index (χ2n) is 4.34. The summed E-state index contributed by atoms with van der Waals surface area (Å²) in [5, 5.41) is 2.09. The maximum Gasteiger partial charge on any atom is 0.0931 e. The molecule has 1 heterocycles. The Hall–Kier alpha value is -0.870. The number of hydrogen-bond acceptors (Lipinski definition) is 3. The van der Waals surface area contributed by atoms with Crippen molar-refractivity contribution in [1.29, 1.82) is 0 Å². The molecule has 0 amide bonds. The van der Waals surface area contributed by atoms with Gasteiger partial charge in [0.2, 0.25) is 0 Å². The van der Waals surface area contributed by atoms with Crippen LogP contribution in [0.3, 0.4) is 0 Å². The molecular weight excluding hydrogens is 264 g/mol. The second kappa shape index (κ2) is 6.34. The summed E-state index contributed by atoms with van der Waals surface area (Å²) in [7, 11) is 2.09. The molecule has 0 aliphatic rings. The summed E-state index contributed by atoms with van der Waals surface area (Å²) in [6.07, 6.45) is 0. The maximum absolute atomic E-state index is 5.95. The monoisotopic (exact) mass is 280 g/mol. The Morgan fingerprint density at radius 3 is 2.61 bits per heavy atom. The Balaban J connectivity index is 2.08. The molecule has 1 aromatic carbocycles. The van der Waals surface area contributed by atoms with Crippen LogP contribution < -0.4 is 5.73 Å². The van der Waals surface area contributed by atoms with Crippen LogP contribution in [0.1, 0.15) is 17.2 Å². The van der Waals surface area contributed by atoms with Crippen molar-refractivity contribution in [3.8, 4) is 0 Å². The van der Waals surface area contributed by atoms with Crippen LogP contribution in [0.15, 0.2) is 41.8 Å². The number of nitrogens with zero attached hydrogens (tertiary/aromatic N) is 1. The van der Waals surface area contributed by atoms with Crippen LogP contribution in [-0.4, -0.2) is 18.5 Å². The van der Waals surface area contributed by atoms with Crippen LogP contribution in [0.5, 0.6) is 0 Å². The van der Waals surface area contributed by atoms with E-state index in [2.05, 4.69) is 29.5 Å². The fraction of sp³-hybridized carbons (Fsp3) is 0.286. The van der Waals surface area contributed by atoms with Gasteiger partial charge in [0.15, 0.2) is 0 Å². The molecule has 2 nitrogen and oxygen atoms in total. The SMILES string of the molecule is CN(Cc1csc(Cl)c1)C(CN)c1ccccc1. The van der Waals surface area contributed by atoms with Crippen LogP contribution in [0, 0.1) is 0 Å². The van der Waals surface area contributed by atoms with Gasteiger partial charge in [0.05, 0.1) is 4.34 Å². The van der Waals surface area contributed by atoms with Crippen molar-refractivity contribution < 1.29 is 0 Å². The molecule has 2 rings (SSSR count). The zero-order valence-corrected chi connectivity index (χ0v) is 11.9. The van der Waals surface area contributed by atoms with Gasteiger partial charge in [-0.05, 0) is 29.6 Å². The molecule has 0 fully saturated rings. The molecule has 0 radical (unpaired) electrons. The topological polar surface area (TPSA) is 29.3 Å². The molecule has 2 aromatic rings. The zero-order valence-electron chi connectivity index (χ0n) is 10.3. The van der Waals surface area contributed by atoms with Crippen molar-refractivity contribution in [2.24, 2.45) is 5.73 Å². The van der Waals surface area contributed by atoms with Gasteiger partial charge in [-0.3, -0.25) is 4.90 Å². The number of rotatable bonds is 5. The van der Waals surface area contributed by atoms with Crippen LogP contribution in [0.25, 0.3) is 0 Å². The highest BCUT2D eigenvalue weighted by molar-refractivity contribution is 7.14. The lowest BCUT2D eigenvalue weighted by Crippen LogP contribution is -2.30. The fourth-order valence-corrected chi connectivity index (χ4v) is 2.97. The van der Waals surface area contributed by atoms with Gasteiger partial charge in [-0.25, -0.2) is 0 Å². The van der Waals surface area contributed by atoms with E-state index in [-0.39, 0.29) is 6.04 Å². The predicted octanol–water partition coefficient (Wildman–Crippen LogP) is 3.53. The van der Waals surface area contributed by atoms with Crippen molar-refractivity contribution in [3.05, 3.63) is 57.2 Å². The van der Waals surface area contributed by atoms with E-state index < -0.39 is 0 Å². The van der Waals surface area contributed by atoms with Crippen molar-refractivity contribution in [2.75, 3.05) is 13.6 Å². The first kappa shape index (κ1) is 13.6. The summed E-state index contributed by atoms with van der Waals surface area (Å²) in [4.78, 5) is 2.26. The average molecular weight is 281 g/mol. The number of nitrogens with two attached hydrogens (primary N) is 1. The molecule has 0 aliphatic carbocycles. The quantitative estimate of drug-likeness (QED) is 0.908. The first-order chi connectivity index (χ1) is 8.70. The van der Waals surface area contributed by atoms with Gasteiger partial charge < -0.3 is 5.73 Å². The van der Waals surface area contributed by atoms with E-state index in [1.807, 2.05) is 24.3 Å². The van der Waals surface area contributed by atoms with E-state index in [1.165, 1.54) is 11.1 Å². The molecule has 0 spiro atoms. The minimum Gasteiger partial charge on any atom is -0.329 e. The van der Waals surface area contributed by atoms with E-state index in [0.29, 0.717) is 6.54 Å².